The molecule has 0 saturated carbocycles. The highest BCUT2D eigenvalue weighted by Crippen LogP contribution is 2.63. The lowest BCUT2D eigenvalue weighted by atomic mass is 9.81. The summed E-state index contributed by atoms with van der Waals surface area (Å²) < 4.78 is 6.33. The average molecular weight is 408 g/mol. The van der Waals surface area contributed by atoms with E-state index in [9.17, 15) is 14.4 Å². The van der Waals surface area contributed by atoms with E-state index >= 15 is 0 Å². The molecule has 7 heteroatoms. The molecule has 0 radical (unpaired) electrons. The topological polar surface area (TPSA) is 66.9 Å². The molecule has 2 aromatic rings. The SMILES string of the molecule is CCS[C@]12O[C@](C)([C@@H]3C(=O)N(c4ccccc4)C(=O)[C@@H]31)N(c1ccccc1)C2=O. The fraction of sp³-hybridized carbons (Fsp3) is 0.318. The van der Waals surface area contributed by atoms with Crippen molar-refractivity contribution in [2.75, 3.05) is 15.6 Å². The minimum atomic E-state index is -1.39. The van der Waals surface area contributed by atoms with Gasteiger partial charge in [-0.2, -0.15) is 0 Å². The van der Waals surface area contributed by atoms with E-state index in [4.69, 9.17) is 4.74 Å². The number of imide groups is 1. The van der Waals surface area contributed by atoms with Crippen LogP contribution in [0.1, 0.15) is 13.8 Å². The molecule has 148 valence electrons. The summed E-state index contributed by atoms with van der Waals surface area (Å²) in [4.78, 5) is 42.0. The van der Waals surface area contributed by atoms with Gasteiger partial charge < -0.3 is 4.74 Å². The maximum atomic E-state index is 13.6. The number of anilines is 2. The van der Waals surface area contributed by atoms with Crippen LogP contribution in [0.2, 0.25) is 0 Å². The lowest BCUT2D eigenvalue weighted by Crippen LogP contribution is -2.58. The molecule has 3 fully saturated rings. The summed E-state index contributed by atoms with van der Waals surface area (Å²) in [6, 6.07) is 18.1. The molecule has 3 heterocycles. The molecule has 5 rings (SSSR count). The van der Waals surface area contributed by atoms with Crippen LogP contribution in [0.15, 0.2) is 60.7 Å². The van der Waals surface area contributed by atoms with Crippen LogP contribution in [0.3, 0.4) is 0 Å². The van der Waals surface area contributed by atoms with Crippen molar-refractivity contribution in [3.63, 3.8) is 0 Å². The van der Waals surface area contributed by atoms with Gasteiger partial charge in [-0.25, -0.2) is 4.90 Å². The number of para-hydroxylation sites is 2. The third-order valence-corrected chi connectivity index (χ3v) is 7.21. The predicted molar refractivity (Wildman–Crippen MR) is 110 cm³/mol. The van der Waals surface area contributed by atoms with Gasteiger partial charge in [0.2, 0.25) is 16.7 Å². The lowest BCUT2D eigenvalue weighted by Gasteiger charge is -2.38. The van der Waals surface area contributed by atoms with Gasteiger partial charge in [0.25, 0.3) is 5.91 Å². The summed E-state index contributed by atoms with van der Waals surface area (Å²) in [7, 11) is 0. The number of fused-ring (bicyclic) bond motifs is 5. The molecule has 6 nitrogen and oxygen atoms in total. The van der Waals surface area contributed by atoms with Crippen LogP contribution in [0, 0.1) is 11.8 Å². The Morgan fingerprint density at radius 2 is 1.45 bits per heavy atom. The van der Waals surface area contributed by atoms with Crippen molar-refractivity contribution in [3.8, 4) is 0 Å². The quantitative estimate of drug-likeness (QED) is 0.728. The monoisotopic (exact) mass is 408 g/mol. The van der Waals surface area contributed by atoms with Crippen LogP contribution < -0.4 is 9.80 Å². The van der Waals surface area contributed by atoms with Crippen LogP contribution >= 0.6 is 11.8 Å². The van der Waals surface area contributed by atoms with Crippen molar-refractivity contribution >= 4 is 40.9 Å². The van der Waals surface area contributed by atoms with Gasteiger partial charge in [0.1, 0.15) is 11.8 Å². The van der Waals surface area contributed by atoms with Gasteiger partial charge in [-0.15, -0.1) is 11.8 Å². The van der Waals surface area contributed by atoms with Gasteiger partial charge in [-0.3, -0.25) is 19.3 Å². The smallest absolute Gasteiger partial charge is 0.273 e. The fourth-order valence-corrected chi connectivity index (χ4v) is 6.21. The van der Waals surface area contributed by atoms with Crippen LogP contribution in [-0.2, 0) is 19.1 Å². The summed E-state index contributed by atoms with van der Waals surface area (Å²) >= 11 is 1.30. The van der Waals surface area contributed by atoms with E-state index in [1.807, 2.05) is 43.3 Å². The first kappa shape index (κ1) is 18.4. The molecule has 2 aromatic carbocycles. The summed E-state index contributed by atoms with van der Waals surface area (Å²) in [5.74, 6) is -1.96. The Balaban J connectivity index is 1.67. The zero-order valence-corrected chi connectivity index (χ0v) is 16.9. The molecule has 29 heavy (non-hydrogen) atoms. The van der Waals surface area contributed by atoms with Crippen molar-refractivity contribution in [2.24, 2.45) is 11.8 Å². The number of hydrogen-bond donors (Lipinski definition) is 0. The summed E-state index contributed by atoms with van der Waals surface area (Å²) in [5, 5.41) is 0. The molecule has 3 aliphatic rings. The van der Waals surface area contributed by atoms with Gasteiger partial charge in [0.05, 0.1) is 5.69 Å². The third-order valence-electron chi connectivity index (χ3n) is 5.98. The van der Waals surface area contributed by atoms with E-state index in [2.05, 4.69) is 0 Å². The summed E-state index contributed by atoms with van der Waals surface area (Å²) in [6.45, 7) is 3.67. The number of nitrogens with zero attached hydrogens (tertiary/aromatic N) is 2. The molecule has 0 N–H and O–H groups in total. The summed E-state index contributed by atoms with van der Waals surface area (Å²) in [6.07, 6.45) is 0. The van der Waals surface area contributed by atoms with Crippen molar-refractivity contribution in [1.82, 2.24) is 0 Å². The lowest BCUT2D eigenvalue weighted by molar-refractivity contribution is -0.133. The van der Waals surface area contributed by atoms with Gasteiger partial charge in [-0.05, 0) is 36.9 Å². The van der Waals surface area contributed by atoms with E-state index in [1.54, 1.807) is 36.1 Å². The van der Waals surface area contributed by atoms with Gasteiger partial charge in [0, 0.05) is 5.69 Å². The Kier molecular flexibility index (Phi) is 3.92. The molecular weight excluding hydrogens is 388 g/mol. The molecule has 3 saturated heterocycles. The van der Waals surface area contributed by atoms with Crippen LogP contribution in [0.25, 0.3) is 0 Å². The molecule has 0 aliphatic carbocycles. The second-order valence-electron chi connectivity index (χ2n) is 7.54. The van der Waals surface area contributed by atoms with Crippen molar-refractivity contribution < 1.29 is 19.1 Å². The second kappa shape index (κ2) is 6.18. The third kappa shape index (κ3) is 2.20. The molecule has 0 aromatic heterocycles. The largest absolute Gasteiger partial charge is 0.327 e. The Morgan fingerprint density at radius 3 is 2.03 bits per heavy atom. The molecule has 2 bridgehead atoms. The first-order valence-electron chi connectivity index (χ1n) is 9.62. The minimum Gasteiger partial charge on any atom is -0.327 e. The van der Waals surface area contributed by atoms with Crippen LogP contribution in [0.4, 0.5) is 11.4 Å². The highest BCUT2D eigenvalue weighted by Gasteiger charge is 2.81. The standard InChI is InChI=1S/C22H20N2O4S/c1-3-29-22-17-16(18(25)23(19(17)26)14-10-6-4-7-11-14)21(2,28-22)24(20(22)27)15-12-8-5-9-13-15/h4-13,16-17H,3H2,1-2H3/t16-,17+,21+,22+/m0/s1. The number of hydrogen-bond acceptors (Lipinski definition) is 5. The summed E-state index contributed by atoms with van der Waals surface area (Å²) in [5.41, 5.74) is -0.0349. The number of piperidine rings is 1. The first-order valence-corrected chi connectivity index (χ1v) is 10.6. The predicted octanol–water partition coefficient (Wildman–Crippen LogP) is 3.03. The Bertz CT molecular complexity index is 1010. The van der Waals surface area contributed by atoms with Crippen molar-refractivity contribution in [2.45, 2.75) is 24.5 Å². The van der Waals surface area contributed by atoms with Crippen molar-refractivity contribution in [3.05, 3.63) is 60.7 Å². The number of amides is 3. The van der Waals surface area contributed by atoms with Crippen LogP contribution in [-0.4, -0.2) is 34.1 Å². The van der Waals surface area contributed by atoms with Crippen LogP contribution in [0.5, 0.6) is 0 Å². The van der Waals surface area contributed by atoms with E-state index in [1.165, 1.54) is 16.7 Å². The number of carbonyl (C=O) groups is 3. The maximum absolute atomic E-state index is 13.6. The average Bonchev–Trinajstić information content (AvgIpc) is 3.24. The molecule has 4 atom stereocenters. The Labute approximate surface area is 172 Å². The number of thioether (sulfide) groups is 1. The number of carbonyl (C=O) groups excluding carboxylic acids is 3. The highest BCUT2D eigenvalue weighted by atomic mass is 32.2. The van der Waals surface area contributed by atoms with Crippen molar-refractivity contribution in [1.29, 1.82) is 0 Å². The van der Waals surface area contributed by atoms with E-state index in [-0.39, 0.29) is 17.7 Å². The molecule has 3 aliphatic heterocycles. The number of benzene rings is 2. The molecule has 3 amide bonds. The number of rotatable bonds is 4. The Morgan fingerprint density at radius 1 is 0.897 bits per heavy atom. The zero-order valence-electron chi connectivity index (χ0n) is 16.1. The fourth-order valence-electron chi connectivity index (χ4n) is 4.92. The maximum Gasteiger partial charge on any atom is 0.273 e. The molecular formula is C22H20N2O4S. The van der Waals surface area contributed by atoms with E-state index in [0.717, 1.165) is 0 Å². The van der Waals surface area contributed by atoms with Gasteiger partial charge >= 0.3 is 0 Å². The Hall–Kier alpha value is -2.64. The van der Waals surface area contributed by atoms with E-state index in [0.29, 0.717) is 17.1 Å². The van der Waals surface area contributed by atoms with Gasteiger partial charge in [-0.1, -0.05) is 43.3 Å². The molecule has 0 spiro atoms. The molecule has 0 unspecified atom stereocenters. The van der Waals surface area contributed by atoms with E-state index < -0.39 is 22.5 Å². The highest BCUT2D eigenvalue weighted by molar-refractivity contribution is 8.01. The minimum absolute atomic E-state index is 0.268. The normalized spacial score (nSPS) is 33.0. The number of ether oxygens (including phenoxy) is 1. The second-order valence-corrected chi connectivity index (χ2v) is 9.01. The van der Waals surface area contributed by atoms with Gasteiger partial charge in [0.15, 0.2) is 5.72 Å². The first-order chi connectivity index (χ1) is 14.0. The zero-order chi connectivity index (χ0) is 20.4.